The van der Waals surface area contributed by atoms with Crippen molar-refractivity contribution >= 4 is 28.4 Å². The smallest absolute Gasteiger partial charge is 0.220 e. The van der Waals surface area contributed by atoms with Crippen LogP contribution in [0.2, 0.25) is 0 Å². The van der Waals surface area contributed by atoms with Gasteiger partial charge in [-0.05, 0) is 12.2 Å². The van der Waals surface area contributed by atoms with E-state index in [2.05, 4.69) is 12.2 Å². The average Bonchev–Trinajstić information content (AvgIpc) is 1.86. The van der Waals surface area contributed by atoms with Gasteiger partial charge in [-0.25, -0.2) is 0 Å². The van der Waals surface area contributed by atoms with Crippen molar-refractivity contribution in [1.29, 1.82) is 0 Å². The van der Waals surface area contributed by atoms with Crippen LogP contribution in [0.25, 0.3) is 0 Å². The molecule has 0 bridgehead atoms. The lowest BCUT2D eigenvalue weighted by molar-refractivity contribution is 0.361. The monoisotopic (exact) mass is 120 g/mol. The van der Waals surface area contributed by atoms with Gasteiger partial charge in [-0.15, -0.1) is 0 Å². The number of hydrogen-bond acceptors (Lipinski definition) is 3. The van der Waals surface area contributed by atoms with E-state index in [4.69, 9.17) is 4.74 Å². The summed E-state index contributed by atoms with van der Waals surface area (Å²) in [4.78, 5) is 0. The summed E-state index contributed by atoms with van der Waals surface area (Å²) < 4.78 is 5.55. The van der Waals surface area contributed by atoms with Gasteiger partial charge in [0.15, 0.2) is 0 Å². The van der Waals surface area contributed by atoms with E-state index >= 15 is 0 Å². The molecule has 3 heteroatoms. The Balaban J connectivity index is 2.37. The first-order valence-corrected chi connectivity index (χ1v) is 3.08. The molecule has 0 aliphatic carbocycles. The van der Waals surface area contributed by atoms with Crippen LogP contribution in [0.1, 0.15) is 0 Å². The van der Waals surface area contributed by atoms with Crippen molar-refractivity contribution in [1.82, 2.24) is 0 Å². The van der Waals surface area contributed by atoms with Gasteiger partial charge >= 0.3 is 0 Å². The minimum Gasteiger partial charge on any atom is -0.478 e. The van der Waals surface area contributed by atoms with Crippen LogP contribution in [0, 0.1) is 0 Å². The molecule has 1 heterocycles. The van der Waals surface area contributed by atoms with Crippen molar-refractivity contribution < 1.29 is 4.74 Å². The fourth-order valence-electron chi connectivity index (χ4n) is 0.292. The van der Waals surface area contributed by atoms with Gasteiger partial charge < -0.3 is 4.74 Å². The molecule has 1 fully saturated rings. The zero-order chi connectivity index (χ0) is 4.41. The molecule has 0 aromatic heterocycles. The zero-order valence-corrected chi connectivity index (χ0v) is 4.77. The molecule has 0 saturated carbocycles. The highest BCUT2D eigenvalue weighted by Gasteiger charge is 2.04. The van der Waals surface area contributed by atoms with E-state index in [1.54, 1.807) is 11.8 Å². The predicted octanol–water partition coefficient (Wildman–Crippen LogP) is 1.03. The van der Waals surface area contributed by atoms with Crippen molar-refractivity contribution in [2.75, 3.05) is 12.4 Å². The van der Waals surface area contributed by atoms with E-state index in [0.717, 1.165) is 12.4 Å². The standard InChI is InChI=1S/C3H4OS2/c5-3-4-1-2-6-3/h1-2H2. The molecule has 0 spiro atoms. The number of thioether (sulfide) groups is 1. The maximum atomic E-state index is 4.85. The van der Waals surface area contributed by atoms with Crippen molar-refractivity contribution in [2.24, 2.45) is 0 Å². The maximum absolute atomic E-state index is 4.85. The van der Waals surface area contributed by atoms with E-state index in [1.807, 2.05) is 0 Å². The summed E-state index contributed by atoms with van der Waals surface area (Å²) in [7, 11) is 0. The third kappa shape index (κ3) is 0.849. The van der Waals surface area contributed by atoms with Crippen molar-refractivity contribution in [2.45, 2.75) is 0 Å². The highest BCUT2D eigenvalue weighted by molar-refractivity contribution is 8.22. The second-order valence-electron chi connectivity index (χ2n) is 0.947. The summed E-state index contributed by atoms with van der Waals surface area (Å²) in [5.41, 5.74) is 0. The fraction of sp³-hybridized carbons (Fsp3) is 0.667. The lowest BCUT2D eigenvalue weighted by Gasteiger charge is -1.83. The van der Waals surface area contributed by atoms with Gasteiger partial charge in [0.2, 0.25) is 4.38 Å². The average molecular weight is 120 g/mol. The molecule has 1 aliphatic heterocycles. The van der Waals surface area contributed by atoms with Gasteiger partial charge in [0.1, 0.15) is 0 Å². The molecule has 1 aliphatic rings. The summed E-state index contributed by atoms with van der Waals surface area (Å²) in [6.45, 7) is 0.809. The molecule has 34 valence electrons. The summed E-state index contributed by atoms with van der Waals surface area (Å²) in [6, 6.07) is 0. The van der Waals surface area contributed by atoms with Crippen LogP contribution in [-0.4, -0.2) is 16.7 Å². The Hall–Kier alpha value is 0.240. The third-order valence-corrected chi connectivity index (χ3v) is 1.72. The minimum absolute atomic E-state index is 0.704. The first kappa shape index (κ1) is 4.40. The normalized spacial score (nSPS) is 21.0. The first-order valence-electron chi connectivity index (χ1n) is 1.69. The Morgan fingerprint density at radius 1 is 1.83 bits per heavy atom. The highest BCUT2D eigenvalue weighted by Crippen LogP contribution is 2.11. The summed E-state index contributed by atoms with van der Waals surface area (Å²) >= 11 is 6.27. The number of ether oxygens (including phenoxy) is 1. The maximum Gasteiger partial charge on any atom is 0.220 e. The van der Waals surface area contributed by atoms with Crippen molar-refractivity contribution in [3.05, 3.63) is 0 Å². The van der Waals surface area contributed by atoms with Gasteiger partial charge in [-0.2, -0.15) is 0 Å². The summed E-state index contributed by atoms with van der Waals surface area (Å²) in [5, 5.41) is 0. The molecule has 0 unspecified atom stereocenters. The van der Waals surface area contributed by atoms with Gasteiger partial charge in [0, 0.05) is 5.75 Å². The number of thiocarbonyl (C=S) groups is 1. The van der Waals surface area contributed by atoms with Gasteiger partial charge in [0.05, 0.1) is 6.61 Å². The molecule has 6 heavy (non-hydrogen) atoms. The summed E-state index contributed by atoms with van der Waals surface area (Å²) in [5.74, 6) is 1.04. The van der Waals surface area contributed by atoms with E-state index in [1.165, 1.54) is 0 Å². The molecule has 0 amide bonds. The third-order valence-electron chi connectivity index (χ3n) is 0.523. The number of rotatable bonds is 0. The quantitative estimate of drug-likeness (QED) is 0.442. The van der Waals surface area contributed by atoms with Crippen LogP contribution < -0.4 is 0 Å². The Bertz CT molecular complexity index is 63.2. The topological polar surface area (TPSA) is 9.23 Å². The van der Waals surface area contributed by atoms with Crippen LogP contribution in [0.4, 0.5) is 0 Å². The van der Waals surface area contributed by atoms with E-state index in [0.29, 0.717) is 4.38 Å². The molecule has 1 rings (SSSR count). The van der Waals surface area contributed by atoms with Gasteiger partial charge in [-0.1, -0.05) is 11.8 Å². The van der Waals surface area contributed by atoms with Crippen molar-refractivity contribution in [3.63, 3.8) is 0 Å². The molecule has 0 N–H and O–H groups in total. The Morgan fingerprint density at radius 2 is 2.67 bits per heavy atom. The van der Waals surface area contributed by atoms with E-state index < -0.39 is 0 Å². The Kier molecular flexibility index (Phi) is 1.32. The molecule has 0 aromatic carbocycles. The van der Waals surface area contributed by atoms with Crippen LogP contribution >= 0.6 is 24.0 Å². The van der Waals surface area contributed by atoms with E-state index in [-0.39, 0.29) is 0 Å². The lowest BCUT2D eigenvalue weighted by atomic mass is 10.9. The van der Waals surface area contributed by atoms with Crippen LogP contribution in [0.3, 0.4) is 0 Å². The molecule has 0 radical (unpaired) electrons. The highest BCUT2D eigenvalue weighted by atomic mass is 32.2. The van der Waals surface area contributed by atoms with Crippen LogP contribution in [-0.2, 0) is 4.74 Å². The first-order chi connectivity index (χ1) is 2.89. The fourth-order valence-corrected chi connectivity index (χ4v) is 1.12. The molecule has 0 atom stereocenters. The molecule has 0 aromatic rings. The van der Waals surface area contributed by atoms with Gasteiger partial charge in [-0.3, -0.25) is 0 Å². The second kappa shape index (κ2) is 1.80. The SMILES string of the molecule is S=C1OCCS1. The zero-order valence-electron chi connectivity index (χ0n) is 3.14. The lowest BCUT2D eigenvalue weighted by Crippen LogP contribution is -1.83. The molecule has 1 nitrogen and oxygen atoms in total. The molecular formula is C3H4OS2. The second-order valence-corrected chi connectivity index (χ2v) is 2.64. The van der Waals surface area contributed by atoms with E-state index in [9.17, 15) is 0 Å². The Morgan fingerprint density at radius 3 is 2.83 bits per heavy atom. The van der Waals surface area contributed by atoms with Crippen LogP contribution in [0.5, 0.6) is 0 Å². The Labute approximate surface area is 46.1 Å². The van der Waals surface area contributed by atoms with Gasteiger partial charge in [0.25, 0.3) is 0 Å². The minimum atomic E-state index is 0.704. The van der Waals surface area contributed by atoms with Crippen molar-refractivity contribution in [3.8, 4) is 0 Å². The largest absolute Gasteiger partial charge is 0.478 e. The van der Waals surface area contributed by atoms with Crippen LogP contribution in [0.15, 0.2) is 0 Å². The molecule has 1 saturated heterocycles. The predicted molar refractivity (Wildman–Crippen MR) is 31.0 cm³/mol. The molecular weight excluding hydrogens is 116 g/mol. The summed E-state index contributed by atoms with van der Waals surface area (Å²) in [6.07, 6.45) is 0. The number of hydrogen-bond donors (Lipinski definition) is 0.